The smallest absolute Gasteiger partial charge is 0.335 e. The Labute approximate surface area is 115 Å². The van der Waals surface area contributed by atoms with Crippen molar-refractivity contribution in [3.8, 4) is 0 Å². The lowest BCUT2D eigenvalue weighted by molar-refractivity contribution is 0.0697. The van der Waals surface area contributed by atoms with Crippen molar-refractivity contribution in [1.29, 1.82) is 0 Å². The van der Waals surface area contributed by atoms with Crippen LogP contribution in [-0.4, -0.2) is 36.1 Å². The molecule has 0 atom stereocenters. The van der Waals surface area contributed by atoms with Gasteiger partial charge in [-0.1, -0.05) is 26.0 Å². The van der Waals surface area contributed by atoms with Crippen LogP contribution in [0.4, 0.5) is 0 Å². The summed E-state index contributed by atoms with van der Waals surface area (Å²) in [4.78, 5) is 13.1. The van der Waals surface area contributed by atoms with Gasteiger partial charge in [-0.3, -0.25) is 0 Å². The second-order valence-corrected chi connectivity index (χ2v) is 4.58. The van der Waals surface area contributed by atoms with E-state index in [9.17, 15) is 4.79 Å². The Balaban J connectivity index is 0.000000861. The number of likely N-dealkylation sites (N-methyl/N-ethyl adjacent to an activating group) is 1. The van der Waals surface area contributed by atoms with Crippen molar-refractivity contribution in [3.63, 3.8) is 0 Å². The second-order valence-electron chi connectivity index (χ2n) is 4.58. The molecule has 1 aromatic carbocycles. The minimum atomic E-state index is -0.864. The van der Waals surface area contributed by atoms with Crippen LogP contribution in [0.25, 0.3) is 5.57 Å². The fourth-order valence-electron chi connectivity index (χ4n) is 2.17. The Morgan fingerprint density at radius 2 is 2.00 bits per heavy atom. The van der Waals surface area contributed by atoms with Gasteiger partial charge in [-0.15, -0.1) is 0 Å². The third-order valence-electron chi connectivity index (χ3n) is 3.23. The lowest BCUT2D eigenvalue weighted by Gasteiger charge is -2.23. The van der Waals surface area contributed by atoms with Gasteiger partial charge in [-0.2, -0.15) is 0 Å². The predicted molar refractivity (Wildman–Crippen MR) is 79.6 cm³/mol. The van der Waals surface area contributed by atoms with Crippen LogP contribution < -0.4 is 0 Å². The fourth-order valence-corrected chi connectivity index (χ4v) is 2.17. The molecular formula is C16H23NO2. The first-order valence-corrected chi connectivity index (χ1v) is 6.80. The monoisotopic (exact) mass is 261 g/mol. The maximum Gasteiger partial charge on any atom is 0.335 e. The quantitative estimate of drug-likeness (QED) is 0.886. The van der Waals surface area contributed by atoms with Crippen LogP contribution >= 0.6 is 0 Å². The molecule has 0 saturated carbocycles. The number of aryl methyl sites for hydroxylation is 1. The number of benzene rings is 1. The summed E-state index contributed by atoms with van der Waals surface area (Å²) in [7, 11) is 2.10. The first-order valence-electron chi connectivity index (χ1n) is 6.80. The largest absolute Gasteiger partial charge is 0.478 e. The number of hydrogen-bond donors (Lipinski definition) is 1. The number of carbonyl (C=O) groups is 1. The van der Waals surface area contributed by atoms with Crippen molar-refractivity contribution < 1.29 is 9.90 Å². The molecule has 19 heavy (non-hydrogen) atoms. The number of rotatable bonds is 2. The molecule has 1 aliphatic heterocycles. The second kappa shape index (κ2) is 7.10. The van der Waals surface area contributed by atoms with Crippen LogP contribution in [0.1, 0.15) is 41.8 Å². The molecule has 1 heterocycles. The van der Waals surface area contributed by atoms with E-state index in [0.29, 0.717) is 5.56 Å². The SMILES string of the molecule is CC.Cc1cc(C(=O)O)ccc1C1=CCN(C)CC1. The zero-order valence-electron chi connectivity index (χ0n) is 12.2. The summed E-state index contributed by atoms with van der Waals surface area (Å²) in [6.07, 6.45) is 3.26. The van der Waals surface area contributed by atoms with E-state index in [4.69, 9.17) is 5.11 Å². The Morgan fingerprint density at radius 3 is 2.47 bits per heavy atom. The zero-order chi connectivity index (χ0) is 14.4. The number of hydrogen-bond acceptors (Lipinski definition) is 2. The number of aromatic carboxylic acids is 1. The van der Waals surface area contributed by atoms with Crippen LogP contribution in [0.5, 0.6) is 0 Å². The Bertz CT molecular complexity index is 478. The van der Waals surface area contributed by atoms with E-state index < -0.39 is 5.97 Å². The van der Waals surface area contributed by atoms with Gasteiger partial charge in [-0.25, -0.2) is 4.79 Å². The molecule has 0 fully saturated rings. The van der Waals surface area contributed by atoms with Crippen LogP contribution in [-0.2, 0) is 0 Å². The highest BCUT2D eigenvalue weighted by Gasteiger charge is 2.12. The average molecular weight is 261 g/mol. The van der Waals surface area contributed by atoms with Crippen molar-refractivity contribution in [2.75, 3.05) is 20.1 Å². The van der Waals surface area contributed by atoms with Crippen molar-refractivity contribution in [3.05, 3.63) is 41.0 Å². The van der Waals surface area contributed by atoms with E-state index in [1.165, 1.54) is 11.1 Å². The van der Waals surface area contributed by atoms with Gasteiger partial charge in [0.2, 0.25) is 0 Å². The lowest BCUT2D eigenvalue weighted by atomic mass is 9.94. The van der Waals surface area contributed by atoms with E-state index in [-0.39, 0.29) is 0 Å². The van der Waals surface area contributed by atoms with Crippen molar-refractivity contribution in [1.82, 2.24) is 4.90 Å². The van der Waals surface area contributed by atoms with Gasteiger partial charge in [0.15, 0.2) is 0 Å². The summed E-state index contributed by atoms with van der Waals surface area (Å²) >= 11 is 0. The highest BCUT2D eigenvalue weighted by Crippen LogP contribution is 2.25. The summed E-state index contributed by atoms with van der Waals surface area (Å²) < 4.78 is 0. The normalized spacial score (nSPS) is 15.3. The molecule has 0 unspecified atom stereocenters. The first-order chi connectivity index (χ1) is 9.08. The summed E-state index contributed by atoms with van der Waals surface area (Å²) in [5.41, 5.74) is 3.92. The van der Waals surface area contributed by atoms with E-state index >= 15 is 0 Å². The predicted octanol–water partition coefficient (Wildman–Crippen LogP) is 3.44. The van der Waals surface area contributed by atoms with Gasteiger partial charge in [0.05, 0.1) is 5.56 Å². The molecule has 0 spiro atoms. The highest BCUT2D eigenvalue weighted by atomic mass is 16.4. The highest BCUT2D eigenvalue weighted by molar-refractivity contribution is 5.88. The van der Waals surface area contributed by atoms with Crippen molar-refractivity contribution >= 4 is 11.5 Å². The van der Waals surface area contributed by atoms with Crippen molar-refractivity contribution in [2.45, 2.75) is 27.2 Å². The minimum absolute atomic E-state index is 0.361. The molecule has 3 nitrogen and oxygen atoms in total. The standard InChI is InChI=1S/C14H17NO2.C2H6/c1-10-9-12(14(16)17)3-4-13(10)11-5-7-15(2)8-6-11;1-2/h3-5,9H,6-8H2,1-2H3,(H,16,17);1-2H3. The summed E-state index contributed by atoms with van der Waals surface area (Å²) in [6.45, 7) is 8.00. The van der Waals surface area contributed by atoms with Gasteiger partial charge >= 0.3 is 5.97 Å². The molecule has 3 heteroatoms. The summed E-state index contributed by atoms with van der Waals surface area (Å²) in [6, 6.07) is 5.36. The van der Waals surface area contributed by atoms with Gasteiger partial charge in [0.25, 0.3) is 0 Å². The molecule has 104 valence electrons. The maximum atomic E-state index is 10.9. The van der Waals surface area contributed by atoms with Gasteiger partial charge in [0.1, 0.15) is 0 Å². The molecule has 1 aromatic rings. The van der Waals surface area contributed by atoms with Crippen LogP contribution in [0.2, 0.25) is 0 Å². The van der Waals surface area contributed by atoms with Gasteiger partial charge in [-0.05, 0) is 49.2 Å². The first kappa shape index (κ1) is 15.4. The third-order valence-corrected chi connectivity index (χ3v) is 3.23. The Hall–Kier alpha value is -1.61. The molecule has 0 aliphatic carbocycles. The van der Waals surface area contributed by atoms with Crippen molar-refractivity contribution in [2.24, 2.45) is 0 Å². The van der Waals surface area contributed by atoms with E-state index in [0.717, 1.165) is 25.1 Å². The minimum Gasteiger partial charge on any atom is -0.478 e. The van der Waals surface area contributed by atoms with E-state index in [1.54, 1.807) is 12.1 Å². The third kappa shape index (κ3) is 3.93. The lowest BCUT2D eigenvalue weighted by Crippen LogP contribution is -2.23. The summed E-state index contributed by atoms with van der Waals surface area (Å²) in [5, 5.41) is 8.92. The number of carboxylic acid groups (broad SMARTS) is 1. The molecule has 2 rings (SSSR count). The number of nitrogens with zero attached hydrogens (tertiary/aromatic N) is 1. The zero-order valence-corrected chi connectivity index (χ0v) is 12.2. The molecule has 0 aromatic heterocycles. The van der Waals surface area contributed by atoms with Crippen LogP contribution in [0.15, 0.2) is 24.3 Å². The van der Waals surface area contributed by atoms with E-state index in [2.05, 4.69) is 18.0 Å². The molecule has 0 amide bonds. The van der Waals surface area contributed by atoms with Gasteiger partial charge < -0.3 is 10.0 Å². The molecular weight excluding hydrogens is 238 g/mol. The summed E-state index contributed by atoms with van der Waals surface area (Å²) in [5.74, 6) is -0.864. The fraction of sp³-hybridized carbons (Fsp3) is 0.438. The molecule has 0 bridgehead atoms. The Morgan fingerprint density at radius 1 is 1.32 bits per heavy atom. The number of carboxylic acids is 1. The maximum absolute atomic E-state index is 10.9. The van der Waals surface area contributed by atoms with Crippen LogP contribution in [0.3, 0.4) is 0 Å². The molecule has 0 saturated heterocycles. The van der Waals surface area contributed by atoms with Crippen LogP contribution in [0, 0.1) is 6.92 Å². The topological polar surface area (TPSA) is 40.5 Å². The average Bonchev–Trinajstić information content (AvgIpc) is 2.42. The molecule has 1 aliphatic rings. The molecule has 1 N–H and O–H groups in total. The molecule has 0 radical (unpaired) electrons. The van der Waals surface area contributed by atoms with Gasteiger partial charge in [0, 0.05) is 13.1 Å². The Kier molecular flexibility index (Phi) is 5.77. The van der Waals surface area contributed by atoms with E-state index in [1.807, 2.05) is 26.8 Å².